The van der Waals surface area contributed by atoms with Crippen LogP contribution in [-0.2, 0) is 4.74 Å². The van der Waals surface area contributed by atoms with Crippen LogP contribution in [0.25, 0.3) is 6.08 Å². The summed E-state index contributed by atoms with van der Waals surface area (Å²) in [6.07, 6.45) is 3.33. The standard InChI is InChI=1S/C12H10N2O2/c1-16-12(15)14-11-9(7-13-14)6-8-4-2-3-5-10(8)11/h2-7,11H,1H3. The normalized spacial score (nSPS) is 20.4. The summed E-state index contributed by atoms with van der Waals surface area (Å²) < 4.78 is 4.70. The number of carbonyl (C=O) groups excluding carboxylic acids is 1. The predicted molar refractivity (Wildman–Crippen MR) is 59.9 cm³/mol. The van der Waals surface area contributed by atoms with Crippen LogP contribution in [0.5, 0.6) is 0 Å². The lowest BCUT2D eigenvalue weighted by Gasteiger charge is -2.19. The molecule has 0 N–H and O–H groups in total. The summed E-state index contributed by atoms with van der Waals surface area (Å²) in [6, 6.07) is 7.88. The number of fused-ring (bicyclic) bond motifs is 3. The lowest BCUT2D eigenvalue weighted by Crippen LogP contribution is -2.26. The van der Waals surface area contributed by atoms with E-state index in [0.29, 0.717) is 0 Å². The molecule has 1 unspecified atom stereocenters. The van der Waals surface area contributed by atoms with Crippen LogP contribution >= 0.6 is 0 Å². The molecule has 0 spiro atoms. The van der Waals surface area contributed by atoms with Gasteiger partial charge in [-0.25, -0.2) is 4.79 Å². The SMILES string of the molecule is COC(=O)N1N=CC2=Cc3ccccc3C21. The Hall–Kier alpha value is -2.10. The highest BCUT2D eigenvalue weighted by Crippen LogP contribution is 2.41. The molecule has 1 aliphatic carbocycles. The van der Waals surface area contributed by atoms with E-state index in [1.807, 2.05) is 30.3 Å². The molecule has 4 nitrogen and oxygen atoms in total. The second-order valence-electron chi connectivity index (χ2n) is 3.73. The maximum Gasteiger partial charge on any atom is 0.431 e. The number of hydrazone groups is 1. The van der Waals surface area contributed by atoms with Crippen molar-refractivity contribution in [1.82, 2.24) is 5.01 Å². The van der Waals surface area contributed by atoms with E-state index in [4.69, 9.17) is 4.74 Å². The maximum atomic E-state index is 11.5. The summed E-state index contributed by atoms with van der Waals surface area (Å²) in [5.41, 5.74) is 3.27. The molecular formula is C12H10N2O2. The molecule has 80 valence electrons. The topological polar surface area (TPSA) is 41.9 Å². The number of hydrogen-bond acceptors (Lipinski definition) is 3. The van der Waals surface area contributed by atoms with Gasteiger partial charge in [0.25, 0.3) is 0 Å². The molecule has 1 amide bonds. The number of hydrogen-bond donors (Lipinski definition) is 0. The van der Waals surface area contributed by atoms with Gasteiger partial charge >= 0.3 is 6.09 Å². The number of amides is 1. The van der Waals surface area contributed by atoms with Gasteiger partial charge in [-0.1, -0.05) is 24.3 Å². The van der Waals surface area contributed by atoms with Crippen LogP contribution in [-0.4, -0.2) is 24.4 Å². The van der Waals surface area contributed by atoms with Crippen LogP contribution in [0.3, 0.4) is 0 Å². The van der Waals surface area contributed by atoms with E-state index in [0.717, 1.165) is 16.7 Å². The number of rotatable bonds is 0. The van der Waals surface area contributed by atoms with Gasteiger partial charge in [0, 0.05) is 5.57 Å². The fourth-order valence-corrected chi connectivity index (χ4v) is 2.15. The molecule has 1 aromatic rings. The van der Waals surface area contributed by atoms with Gasteiger partial charge in [-0.3, -0.25) is 0 Å². The summed E-state index contributed by atoms with van der Waals surface area (Å²) in [5, 5.41) is 5.43. The van der Waals surface area contributed by atoms with Gasteiger partial charge in [0.2, 0.25) is 0 Å². The average Bonchev–Trinajstić information content (AvgIpc) is 2.86. The number of nitrogens with zero attached hydrogens (tertiary/aromatic N) is 2. The highest BCUT2D eigenvalue weighted by atomic mass is 16.5. The van der Waals surface area contributed by atoms with Gasteiger partial charge in [-0.05, 0) is 17.2 Å². The van der Waals surface area contributed by atoms with E-state index in [1.54, 1.807) is 6.21 Å². The molecule has 3 rings (SSSR count). The van der Waals surface area contributed by atoms with Crippen molar-refractivity contribution in [2.45, 2.75) is 6.04 Å². The largest absolute Gasteiger partial charge is 0.451 e. The van der Waals surface area contributed by atoms with Crippen molar-refractivity contribution in [3.05, 3.63) is 41.0 Å². The van der Waals surface area contributed by atoms with Crippen LogP contribution in [0.1, 0.15) is 17.2 Å². The van der Waals surface area contributed by atoms with Gasteiger partial charge in [0.1, 0.15) is 6.04 Å². The predicted octanol–water partition coefficient (Wildman–Crippen LogP) is 2.19. The fourth-order valence-electron chi connectivity index (χ4n) is 2.15. The number of methoxy groups -OCH3 is 1. The van der Waals surface area contributed by atoms with Gasteiger partial charge in [0.05, 0.1) is 13.3 Å². The van der Waals surface area contributed by atoms with Crippen molar-refractivity contribution in [1.29, 1.82) is 0 Å². The van der Waals surface area contributed by atoms with Crippen molar-refractivity contribution in [2.24, 2.45) is 5.10 Å². The van der Waals surface area contributed by atoms with Gasteiger partial charge in [-0.15, -0.1) is 0 Å². The van der Waals surface area contributed by atoms with E-state index >= 15 is 0 Å². The van der Waals surface area contributed by atoms with Crippen molar-refractivity contribution in [3.63, 3.8) is 0 Å². The third kappa shape index (κ3) is 1.10. The molecule has 0 radical (unpaired) electrons. The van der Waals surface area contributed by atoms with Crippen LogP contribution in [0, 0.1) is 0 Å². The Morgan fingerprint density at radius 2 is 2.25 bits per heavy atom. The zero-order valence-corrected chi connectivity index (χ0v) is 8.75. The molecule has 4 heteroatoms. The summed E-state index contributed by atoms with van der Waals surface area (Å²) in [4.78, 5) is 11.5. The maximum absolute atomic E-state index is 11.5. The zero-order valence-electron chi connectivity index (χ0n) is 8.75. The van der Waals surface area contributed by atoms with E-state index in [2.05, 4.69) is 5.10 Å². The molecule has 2 aliphatic rings. The zero-order chi connectivity index (χ0) is 11.1. The molecular weight excluding hydrogens is 204 g/mol. The molecule has 1 aromatic carbocycles. The molecule has 1 atom stereocenters. The van der Waals surface area contributed by atoms with Gasteiger partial charge in [-0.2, -0.15) is 10.1 Å². The number of ether oxygens (including phenoxy) is 1. The minimum absolute atomic E-state index is 0.108. The van der Waals surface area contributed by atoms with Crippen molar-refractivity contribution < 1.29 is 9.53 Å². The Kier molecular flexibility index (Phi) is 1.83. The first kappa shape index (κ1) is 9.15. The van der Waals surface area contributed by atoms with E-state index < -0.39 is 6.09 Å². The second-order valence-corrected chi connectivity index (χ2v) is 3.73. The Bertz CT molecular complexity index is 520. The highest BCUT2D eigenvalue weighted by molar-refractivity contribution is 5.95. The average molecular weight is 214 g/mol. The first-order valence-electron chi connectivity index (χ1n) is 5.03. The Morgan fingerprint density at radius 1 is 1.44 bits per heavy atom. The van der Waals surface area contributed by atoms with Gasteiger partial charge in [0.15, 0.2) is 0 Å². The molecule has 0 fully saturated rings. The summed E-state index contributed by atoms with van der Waals surface area (Å²) in [7, 11) is 1.36. The third-order valence-electron chi connectivity index (χ3n) is 2.87. The smallest absolute Gasteiger partial charge is 0.431 e. The minimum atomic E-state index is -0.429. The van der Waals surface area contributed by atoms with Crippen LogP contribution in [0.15, 0.2) is 34.9 Å². The van der Waals surface area contributed by atoms with Crippen LogP contribution in [0.4, 0.5) is 4.79 Å². The second kappa shape index (κ2) is 3.20. The van der Waals surface area contributed by atoms with Crippen molar-refractivity contribution in [3.8, 4) is 0 Å². The molecule has 1 aliphatic heterocycles. The van der Waals surface area contributed by atoms with E-state index in [9.17, 15) is 4.79 Å². The summed E-state index contributed by atoms with van der Waals surface area (Å²) in [5.74, 6) is 0. The Balaban J connectivity index is 2.05. The number of carbonyl (C=O) groups is 1. The fraction of sp³-hybridized carbons (Fsp3) is 0.167. The Morgan fingerprint density at radius 3 is 3.06 bits per heavy atom. The molecule has 16 heavy (non-hydrogen) atoms. The third-order valence-corrected chi connectivity index (χ3v) is 2.87. The lowest BCUT2D eigenvalue weighted by atomic mass is 10.1. The summed E-state index contributed by atoms with van der Waals surface area (Å²) >= 11 is 0. The quantitative estimate of drug-likeness (QED) is 0.664. The number of benzene rings is 1. The summed E-state index contributed by atoms with van der Waals surface area (Å²) in [6.45, 7) is 0. The van der Waals surface area contributed by atoms with Crippen LogP contribution in [0.2, 0.25) is 0 Å². The van der Waals surface area contributed by atoms with Crippen molar-refractivity contribution >= 4 is 18.4 Å². The van der Waals surface area contributed by atoms with Crippen LogP contribution < -0.4 is 0 Å². The van der Waals surface area contributed by atoms with Crippen molar-refractivity contribution in [2.75, 3.05) is 7.11 Å². The first-order valence-corrected chi connectivity index (χ1v) is 5.03. The van der Waals surface area contributed by atoms with E-state index in [-0.39, 0.29) is 6.04 Å². The lowest BCUT2D eigenvalue weighted by molar-refractivity contribution is 0.118. The minimum Gasteiger partial charge on any atom is -0.451 e. The molecule has 0 bridgehead atoms. The Labute approximate surface area is 92.8 Å². The first-order chi connectivity index (χ1) is 7.81. The molecule has 0 saturated heterocycles. The molecule has 1 heterocycles. The highest BCUT2D eigenvalue weighted by Gasteiger charge is 2.36. The van der Waals surface area contributed by atoms with Gasteiger partial charge < -0.3 is 4.74 Å². The van der Waals surface area contributed by atoms with E-state index in [1.165, 1.54) is 12.1 Å². The molecule has 0 saturated carbocycles. The monoisotopic (exact) mass is 214 g/mol. The molecule has 0 aromatic heterocycles.